The molecule has 0 fully saturated rings. The average molecular weight is 265 g/mol. The van der Waals surface area contributed by atoms with Gasteiger partial charge in [0.05, 0.1) is 5.69 Å². The molecule has 1 heterocycles. The van der Waals surface area contributed by atoms with Crippen LogP contribution in [0.15, 0.2) is 24.3 Å². The summed E-state index contributed by atoms with van der Waals surface area (Å²) >= 11 is 5.86. The third-order valence-corrected chi connectivity index (χ3v) is 2.83. The maximum Gasteiger partial charge on any atom is 0.222 e. The van der Waals surface area contributed by atoms with Crippen LogP contribution >= 0.6 is 11.6 Å². The molecule has 0 amide bonds. The first-order valence-corrected chi connectivity index (χ1v) is 5.86. The summed E-state index contributed by atoms with van der Waals surface area (Å²) in [6.45, 7) is 1.96. The van der Waals surface area contributed by atoms with Crippen molar-refractivity contribution in [3.05, 3.63) is 35.0 Å². The van der Waals surface area contributed by atoms with Crippen molar-refractivity contribution in [2.24, 2.45) is 0 Å². The quantitative estimate of drug-likeness (QED) is 0.743. The van der Waals surface area contributed by atoms with E-state index in [9.17, 15) is 0 Å². The number of hydrogen-bond donors (Lipinski definition) is 3. The van der Waals surface area contributed by atoms with Crippen molar-refractivity contribution in [1.29, 1.82) is 0 Å². The number of nitrogens with two attached hydrogens (primary N) is 1. The number of anilines is 2. The summed E-state index contributed by atoms with van der Waals surface area (Å²) in [6, 6.07) is 7.23. The van der Waals surface area contributed by atoms with E-state index in [-0.39, 0.29) is 5.95 Å². The van der Waals surface area contributed by atoms with Crippen molar-refractivity contribution in [1.82, 2.24) is 9.97 Å². The van der Waals surface area contributed by atoms with Crippen LogP contribution in [0.25, 0.3) is 11.1 Å². The predicted octanol–water partition coefficient (Wildman–Crippen LogP) is 2.74. The lowest BCUT2D eigenvalue weighted by Gasteiger charge is -2.12. The van der Waals surface area contributed by atoms with Crippen molar-refractivity contribution in [3.8, 4) is 11.1 Å². The maximum absolute atomic E-state index is 9.16. The number of nitrogen functional groups attached to an aromatic ring is 1. The number of benzene rings is 1. The van der Waals surface area contributed by atoms with Crippen LogP contribution in [0.1, 0.15) is 12.6 Å². The molecular weight excluding hydrogens is 252 g/mol. The van der Waals surface area contributed by atoms with Gasteiger partial charge in [0.2, 0.25) is 5.95 Å². The van der Waals surface area contributed by atoms with E-state index in [1.54, 1.807) is 12.1 Å². The first-order chi connectivity index (χ1) is 8.65. The van der Waals surface area contributed by atoms with Gasteiger partial charge in [-0.15, -0.1) is 0 Å². The maximum atomic E-state index is 9.16. The number of nitrogens with zero attached hydrogens (tertiary/aromatic N) is 2. The van der Waals surface area contributed by atoms with Crippen molar-refractivity contribution < 1.29 is 5.21 Å². The van der Waals surface area contributed by atoms with Gasteiger partial charge in [-0.1, -0.05) is 30.7 Å². The van der Waals surface area contributed by atoms with Crippen LogP contribution in [0, 0.1) is 0 Å². The topological polar surface area (TPSA) is 84.1 Å². The van der Waals surface area contributed by atoms with Crippen LogP contribution in [0.3, 0.4) is 0 Å². The van der Waals surface area contributed by atoms with Crippen LogP contribution in [-0.2, 0) is 6.42 Å². The molecule has 0 aliphatic rings. The monoisotopic (exact) mass is 264 g/mol. The molecule has 2 rings (SSSR count). The molecule has 5 nitrogen and oxygen atoms in total. The third-order valence-electron chi connectivity index (χ3n) is 2.57. The third kappa shape index (κ3) is 2.37. The second kappa shape index (κ2) is 5.20. The van der Waals surface area contributed by atoms with Gasteiger partial charge in [-0.2, -0.15) is 4.98 Å². The summed E-state index contributed by atoms with van der Waals surface area (Å²) < 4.78 is 0. The molecule has 0 bridgehead atoms. The molecule has 94 valence electrons. The Kier molecular flexibility index (Phi) is 3.64. The van der Waals surface area contributed by atoms with E-state index in [4.69, 9.17) is 22.5 Å². The summed E-state index contributed by atoms with van der Waals surface area (Å²) in [5.41, 5.74) is 10.0. The van der Waals surface area contributed by atoms with Crippen molar-refractivity contribution in [2.45, 2.75) is 13.3 Å². The zero-order chi connectivity index (χ0) is 13.1. The fraction of sp³-hybridized carbons (Fsp3) is 0.167. The Hall–Kier alpha value is -1.85. The number of hydrogen-bond acceptors (Lipinski definition) is 5. The standard InChI is InChI=1S/C12H13ClN4O/c1-2-9-10(7-3-5-8(13)6-4-7)11(17-18)16-12(14)15-9/h3-6,18H,2H2,1H3,(H3,14,15,16,17). The summed E-state index contributed by atoms with van der Waals surface area (Å²) in [6.07, 6.45) is 0.680. The Balaban J connectivity index is 2.64. The summed E-state index contributed by atoms with van der Waals surface area (Å²) in [7, 11) is 0. The minimum absolute atomic E-state index is 0.126. The summed E-state index contributed by atoms with van der Waals surface area (Å²) in [5.74, 6) is 0.419. The molecule has 0 spiro atoms. The van der Waals surface area contributed by atoms with Crippen LogP contribution in [-0.4, -0.2) is 15.2 Å². The van der Waals surface area contributed by atoms with Crippen molar-refractivity contribution in [2.75, 3.05) is 11.2 Å². The zero-order valence-electron chi connectivity index (χ0n) is 9.81. The Morgan fingerprint density at radius 1 is 1.28 bits per heavy atom. The molecule has 0 aliphatic heterocycles. The second-order valence-corrected chi connectivity index (χ2v) is 4.16. The molecule has 0 radical (unpaired) electrons. The largest absolute Gasteiger partial charge is 0.368 e. The van der Waals surface area contributed by atoms with Crippen LogP contribution in [0.2, 0.25) is 5.02 Å². The molecular formula is C12H13ClN4O. The van der Waals surface area contributed by atoms with Gasteiger partial charge in [-0.3, -0.25) is 10.7 Å². The SMILES string of the molecule is CCc1nc(N)nc(NO)c1-c1ccc(Cl)cc1. The van der Waals surface area contributed by atoms with E-state index in [2.05, 4.69) is 15.4 Å². The van der Waals surface area contributed by atoms with Gasteiger partial charge in [-0.05, 0) is 24.1 Å². The predicted molar refractivity (Wildman–Crippen MR) is 71.7 cm³/mol. The van der Waals surface area contributed by atoms with E-state index >= 15 is 0 Å². The van der Waals surface area contributed by atoms with Gasteiger partial charge in [0, 0.05) is 10.6 Å². The Labute approximate surface area is 110 Å². The van der Waals surface area contributed by atoms with E-state index in [1.165, 1.54) is 0 Å². The molecule has 1 aromatic carbocycles. The molecule has 2 aromatic rings. The van der Waals surface area contributed by atoms with Gasteiger partial charge in [0.15, 0.2) is 5.82 Å². The molecule has 0 aliphatic carbocycles. The molecule has 0 saturated carbocycles. The normalized spacial score (nSPS) is 10.4. The van der Waals surface area contributed by atoms with Gasteiger partial charge in [0.25, 0.3) is 0 Å². The van der Waals surface area contributed by atoms with E-state index < -0.39 is 0 Å². The molecule has 0 unspecified atom stereocenters. The first kappa shape index (κ1) is 12.6. The lowest BCUT2D eigenvalue weighted by Crippen LogP contribution is -2.06. The highest BCUT2D eigenvalue weighted by Crippen LogP contribution is 2.30. The highest BCUT2D eigenvalue weighted by molar-refractivity contribution is 6.30. The Morgan fingerprint density at radius 3 is 2.50 bits per heavy atom. The lowest BCUT2D eigenvalue weighted by molar-refractivity contribution is 0.386. The molecule has 1 aromatic heterocycles. The smallest absolute Gasteiger partial charge is 0.222 e. The summed E-state index contributed by atoms with van der Waals surface area (Å²) in [4.78, 5) is 8.15. The molecule has 0 saturated heterocycles. The van der Waals surface area contributed by atoms with Gasteiger partial charge < -0.3 is 5.73 Å². The Bertz CT molecular complexity index is 531. The van der Waals surface area contributed by atoms with Crippen LogP contribution in [0.4, 0.5) is 11.8 Å². The Morgan fingerprint density at radius 2 is 1.94 bits per heavy atom. The average Bonchev–Trinajstić information content (AvgIpc) is 2.39. The van der Waals surface area contributed by atoms with Gasteiger partial charge >= 0.3 is 0 Å². The number of rotatable bonds is 3. The molecule has 18 heavy (non-hydrogen) atoms. The fourth-order valence-corrected chi connectivity index (χ4v) is 1.91. The second-order valence-electron chi connectivity index (χ2n) is 3.72. The fourth-order valence-electron chi connectivity index (χ4n) is 1.78. The molecule has 0 atom stereocenters. The van der Waals surface area contributed by atoms with Gasteiger partial charge in [0.1, 0.15) is 0 Å². The molecule has 4 N–H and O–H groups in total. The van der Waals surface area contributed by atoms with E-state index in [1.807, 2.05) is 19.1 Å². The van der Waals surface area contributed by atoms with E-state index in [0.717, 1.165) is 16.8 Å². The van der Waals surface area contributed by atoms with Crippen molar-refractivity contribution >= 4 is 23.4 Å². The number of aromatic nitrogens is 2. The number of aryl methyl sites for hydroxylation is 1. The minimum atomic E-state index is 0.126. The minimum Gasteiger partial charge on any atom is -0.368 e. The first-order valence-electron chi connectivity index (χ1n) is 5.48. The highest BCUT2D eigenvalue weighted by Gasteiger charge is 2.13. The van der Waals surface area contributed by atoms with Crippen LogP contribution in [0.5, 0.6) is 0 Å². The zero-order valence-corrected chi connectivity index (χ0v) is 10.6. The van der Waals surface area contributed by atoms with Crippen molar-refractivity contribution in [3.63, 3.8) is 0 Å². The number of nitrogens with one attached hydrogen (secondary N) is 1. The van der Waals surface area contributed by atoms with E-state index in [0.29, 0.717) is 17.3 Å². The number of halogens is 1. The van der Waals surface area contributed by atoms with Gasteiger partial charge in [-0.25, -0.2) is 4.98 Å². The van der Waals surface area contributed by atoms with Crippen LogP contribution < -0.4 is 11.2 Å². The summed E-state index contributed by atoms with van der Waals surface area (Å²) in [5, 5.41) is 9.80. The lowest BCUT2D eigenvalue weighted by atomic mass is 10.0. The molecule has 6 heteroatoms. The highest BCUT2D eigenvalue weighted by atomic mass is 35.5.